The molecule has 0 aromatic carbocycles. The van der Waals surface area contributed by atoms with Crippen LogP contribution in [0.2, 0.25) is 0 Å². The second-order valence-electron chi connectivity index (χ2n) is 3.06. The van der Waals surface area contributed by atoms with Crippen molar-refractivity contribution in [2.75, 3.05) is 13.2 Å². The van der Waals surface area contributed by atoms with Crippen molar-refractivity contribution in [1.82, 2.24) is 0 Å². The molecule has 0 aromatic heterocycles. The van der Waals surface area contributed by atoms with E-state index in [4.69, 9.17) is 10.2 Å². The summed E-state index contributed by atoms with van der Waals surface area (Å²) in [6.07, 6.45) is -0.171. The van der Waals surface area contributed by atoms with Crippen LogP contribution >= 0.6 is 0 Å². The maximum Gasteiger partial charge on any atom is 0.306 e. The van der Waals surface area contributed by atoms with Crippen molar-refractivity contribution >= 4 is 11.9 Å². The number of carbonyl (C=O) groups is 2. The van der Waals surface area contributed by atoms with Gasteiger partial charge >= 0.3 is 5.97 Å². The minimum absolute atomic E-state index is 0.0732. The van der Waals surface area contributed by atoms with Crippen LogP contribution in [0.5, 0.6) is 0 Å². The van der Waals surface area contributed by atoms with Gasteiger partial charge in [-0.05, 0) is 19.3 Å². The smallest absolute Gasteiger partial charge is 0.306 e. The summed E-state index contributed by atoms with van der Waals surface area (Å²) in [4.78, 5) is 21.0. The van der Waals surface area contributed by atoms with Crippen molar-refractivity contribution < 1.29 is 29.6 Å². The van der Waals surface area contributed by atoms with E-state index < -0.39 is 31.3 Å². The van der Waals surface area contributed by atoms with Crippen LogP contribution in [0, 0.1) is 0 Å². The van der Waals surface area contributed by atoms with Crippen LogP contribution < -0.4 is 5.11 Å². The molecule has 0 unspecified atom stereocenters. The van der Waals surface area contributed by atoms with E-state index in [9.17, 15) is 14.7 Å². The Morgan fingerprint density at radius 3 is 2.13 bits per heavy atom. The number of rotatable bonds is 8. The molecule has 2 N–H and O–H groups in total. The van der Waals surface area contributed by atoms with Gasteiger partial charge in [-0.25, -0.2) is 0 Å². The van der Waals surface area contributed by atoms with Crippen LogP contribution in [-0.2, 0) is 14.3 Å². The molecule has 0 heterocycles. The van der Waals surface area contributed by atoms with Gasteiger partial charge in [-0.2, -0.15) is 0 Å². The third-order valence-electron chi connectivity index (χ3n) is 1.72. The second-order valence-corrected chi connectivity index (χ2v) is 3.06. The Balaban J connectivity index is 3.52. The highest BCUT2D eigenvalue weighted by molar-refractivity contribution is 5.69. The lowest BCUT2D eigenvalue weighted by molar-refractivity contribution is -0.305. The van der Waals surface area contributed by atoms with Crippen LogP contribution in [0.4, 0.5) is 0 Å². The molecular weight excluding hydrogens is 204 g/mol. The molecule has 0 aliphatic heterocycles. The summed E-state index contributed by atoms with van der Waals surface area (Å²) >= 11 is 0. The first-order chi connectivity index (χ1) is 7.10. The van der Waals surface area contributed by atoms with Crippen LogP contribution in [0.25, 0.3) is 0 Å². The summed E-state index contributed by atoms with van der Waals surface area (Å²) < 4.78 is 4.65. The van der Waals surface area contributed by atoms with Gasteiger partial charge in [0.1, 0.15) is 6.10 Å². The number of hydrogen-bond donors (Lipinski definition) is 2. The van der Waals surface area contributed by atoms with Crippen LogP contribution in [0.15, 0.2) is 0 Å². The Bertz CT molecular complexity index is 199. The molecule has 0 aromatic rings. The van der Waals surface area contributed by atoms with Crippen molar-refractivity contribution in [2.24, 2.45) is 0 Å². The standard InChI is InChI=1S/C9H16O6/c10-5-7(6-11)15-9(14)4-2-1-3-8(12)13/h7,10-11H,1-6H2,(H,12,13)/p-1. The van der Waals surface area contributed by atoms with Crippen LogP contribution in [0.1, 0.15) is 25.7 Å². The SMILES string of the molecule is O=C([O-])CCCCC(=O)OC(CO)CO. The van der Waals surface area contributed by atoms with E-state index in [-0.39, 0.29) is 12.8 Å². The molecule has 88 valence electrons. The van der Waals surface area contributed by atoms with E-state index in [2.05, 4.69) is 4.74 Å². The first-order valence-corrected chi connectivity index (χ1v) is 4.71. The largest absolute Gasteiger partial charge is 0.550 e. The molecule has 0 rings (SSSR count). The molecule has 0 aliphatic rings. The number of carboxylic acid groups (broad SMARTS) is 1. The number of aliphatic carboxylic acids is 1. The summed E-state index contributed by atoms with van der Waals surface area (Å²) in [6, 6.07) is 0. The zero-order valence-electron chi connectivity index (χ0n) is 8.35. The molecule has 15 heavy (non-hydrogen) atoms. The van der Waals surface area contributed by atoms with E-state index in [0.29, 0.717) is 12.8 Å². The minimum atomic E-state index is -1.15. The predicted molar refractivity (Wildman–Crippen MR) is 47.5 cm³/mol. The molecule has 0 radical (unpaired) electrons. The van der Waals surface area contributed by atoms with E-state index in [1.54, 1.807) is 0 Å². The van der Waals surface area contributed by atoms with Gasteiger partial charge < -0.3 is 24.9 Å². The number of carboxylic acids is 1. The van der Waals surface area contributed by atoms with Crippen molar-refractivity contribution in [1.29, 1.82) is 0 Å². The summed E-state index contributed by atoms with van der Waals surface area (Å²) in [5.41, 5.74) is 0. The number of carbonyl (C=O) groups excluding carboxylic acids is 2. The Hall–Kier alpha value is -1.14. The number of esters is 1. The van der Waals surface area contributed by atoms with Gasteiger partial charge in [0.2, 0.25) is 0 Å². The Kier molecular flexibility index (Phi) is 7.57. The van der Waals surface area contributed by atoms with Gasteiger partial charge in [-0.3, -0.25) is 4.79 Å². The summed E-state index contributed by atoms with van der Waals surface area (Å²) in [7, 11) is 0. The molecule has 0 atom stereocenters. The van der Waals surface area contributed by atoms with E-state index in [0.717, 1.165) is 0 Å². The Labute approximate surface area is 87.5 Å². The molecule has 0 saturated heterocycles. The fourth-order valence-corrected chi connectivity index (χ4v) is 0.916. The third-order valence-corrected chi connectivity index (χ3v) is 1.72. The second kappa shape index (κ2) is 8.19. The Morgan fingerprint density at radius 2 is 1.67 bits per heavy atom. The number of ether oxygens (including phenoxy) is 1. The molecule has 6 heteroatoms. The zero-order chi connectivity index (χ0) is 11.7. The van der Waals surface area contributed by atoms with E-state index in [1.807, 2.05) is 0 Å². The van der Waals surface area contributed by atoms with Crippen molar-refractivity contribution in [3.05, 3.63) is 0 Å². The van der Waals surface area contributed by atoms with Gasteiger partial charge in [-0.15, -0.1) is 0 Å². The fraction of sp³-hybridized carbons (Fsp3) is 0.778. The molecule has 0 fully saturated rings. The van der Waals surface area contributed by atoms with Crippen molar-refractivity contribution in [2.45, 2.75) is 31.8 Å². The van der Waals surface area contributed by atoms with Crippen molar-refractivity contribution in [3.63, 3.8) is 0 Å². The molecule has 6 nitrogen and oxygen atoms in total. The maximum atomic E-state index is 11.0. The lowest BCUT2D eigenvalue weighted by atomic mass is 10.2. The molecular formula is C9H15O6-. The van der Waals surface area contributed by atoms with E-state index >= 15 is 0 Å². The van der Waals surface area contributed by atoms with Gasteiger partial charge in [-0.1, -0.05) is 0 Å². The normalized spacial score (nSPS) is 10.3. The first-order valence-electron chi connectivity index (χ1n) is 4.71. The van der Waals surface area contributed by atoms with Gasteiger partial charge in [0.15, 0.2) is 0 Å². The quantitative estimate of drug-likeness (QED) is 0.368. The van der Waals surface area contributed by atoms with Crippen LogP contribution in [0.3, 0.4) is 0 Å². The fourth-order valence-electron chi connectivity index (χ4n) is 0.916. The molecule has 0 spiro atoms. The topological polar surface area (TPSA) is 107 Å². The molecule has 0 saturated carbocycles. The number of aliphatic hydroxyl groups is 2. The number of aliphatic hydroxyl groups excluding tert-OH is 2. The minimum Gasteiger partial charge on any atom is -0.550 e. The van der Waals surface area contributed by atoms with Gasteiger partial charge in [0, 0.05) is 12.4 Å². The number of unbranched alkanes of at least 4 members (excludes halogenated alkanes) is 1. The maximum absolute atomic E-state index is 11.0. The van der Waals surface area contributed by atoms with Gasteiger partial charge in [0.25, 0.3) is 0 Å². The average Bonchev–Trinajstić information content (AvgIpc) is 2.20. The molecule has 0 amide bonds. The third kappa shape index (κ3) is 7.90. The monoisotopic (exact) mass is 219 g/mol. The highest BCUT2D eigenvalue weighted by atomic mass is 16.6. The number of hydrogen-bond acceptors (Lipinski definition) is 6. The van der Waals surface area contributed by atoms with Crippen molar-refractivity contribution in [3.8, 4) is 0 Å². The highest BCUT2D eigenvalue weighted by Crippen LogP contribution is 2.02. The van der Waals surface area contributed by atoms with Gasteiger partial charge in [0.05, 0.1) is 13.2 Å². The summed E-state index contributed by atoms with van der Waals surface area (Å²) in [6.45, 7) is -0.859. The lowest BCUT2D eigenvalue weighted by Gasteiger charge is -2.12. The summed E-state index contributed by atoms with van der Waals surface area (Å²) in [5.74, 6) is -1.70. The lowest BCUT2D eigenvalue weighted by Crippen LogP contribution is -2.25. The predicted octanol–water partition coefficient (Wildman–Crippen LogP) is -1.81. The summed E-state index contributed by atoms with van der Waals surface area (Å²) in [5, 5.41) is 27.2. The Morgan fingerprint density at radius 1 is 1.13 bits per heavy atom. The first kappa shape index (κ1) is 13.9. The average molecular weight is 219 g/mol. The molecule has 0 bridgehead atoms. The highest BCUT2D eigenvalue weighted by Gasteiger charge is 2.11. The molecule has 0 aliphatic carbocycles. The van der Waals surface area contributed by atoms with E-state index in [1.165, 1.54) is 0 Å². The van der Waals surface area contributed by atoms with Crippen LogP contribution in [-0.4, -0.2) is 41.5 Å². The zero-order valence-corrected chi connectivity index (χ0v) is 8.35.